The fourth-order valence-corrected chi connectivity index (χ4v) is 1.33. The Morgan fingerprint density at radius 1 is 1.38 bits per heavy atom. The van der Waals surface area contributed by atoms with Crippen LogP contribution in [0.4, 0.5) is 0 Å². The maximum Gasteiger partial charge on any atom is 0.325 e. The van der Waals surface area contributed by atoms with Crippen LogP contribution in [0.15, 0.2) is 0 Å². The monoisotopic (exact) mass is 212 g/mol. The van der Waals surface area contributed by atoms with Crippen molar-refractivity contribution in [2.45, 2.75) is 25.6 Å². The highest BCUT2D eigenvalue weighted by Crippen LogP contribution is 2.35. The molecule has 0 heterocycles. The minimum Gasteiger partial charge on any atom is -0.390 e. The first-order valence-electron chi connectivity index (χ1n) is 3.65. The summed E-state index contributed by atoms with van der Waals surface area (Å²) in [6.07, 6.45) is -3.82. The highest BCUT2D eigenvalue weighted by atomic mass is 31.2. The molecule has 0 unspecified atom stereocenters. The van der Waals surface area contributed by atoms with Gasteiger partial charge in [-0.3, -0.25) is 9.36 Å². The van der Waals surface area contributed by atoms with Gasteiger partial charge in [-0.2, -0.15) is 0 Å². The predicted molar refractivity (Wildman–Crippen MR) is 44.2 cm³/mol. The summed E-state index contributed by atoms with van der Waals surface area (Å²) in [5.74, 6) is -0.627. The Balaban J connectivity index is 3.95. The second kappa shape index (κ2) is 4.83. The van der Waals surface area contributed by atoms with Crippen LogP contribution in [0, 0.1) is 0 Å². The molecule has 0 aliphatic rings. The molecule has 0 radical (unpaired) electrons. The second-order valence-corrected chi connectivity index (χ2v) is 4.58. The molecule has 13 heavy (non-hydrogen) atoms. The van der Waals surface area contributed by atoms with Crippen molar-refractivity contribution in [3.8, 4) is 0 Å². The predicted octanol–water partition coefficient (Wildman–Crippen LogP) is -1.14. The summed E-state index contributed by atoms with van der Waals surface area (Å²) in [5.41, 5.74) is 0. The molecule has 0 aromatic carbocycles. The SMILES string of the molecule is CC(=O)[C@@H](O)[C@H](O)CCP(=O)(O)O. The Morgan fingerprint density at radius 2 is 1.85 bits per heavy atom. The van der Waals surface area contributed by atoms with E-state index in [2.05, 4.69) is 0 Å². The largest absolute Gasteiger partial charge is 0.390 e. The Morgan fingerprint density at radius 3 is 2.15 bits per heavy atom. The molecule has 6 nitrogen and oxygen atoms in total. The summed E-state index contributed by atoms with van der Waals surface area (Å²) < 4.78 is 10.3. The number of aliphatic hydroxyl groups is 2. The van der Waals surface area contributed by atoms with Crippen molar-refractivity contribution in [3.05, 3.63) is 0 Å². The Labute approximate surface area is 75.4 Å². The van der Waals surface area contributed by atoms with E-state index in [1.807, 2.05) is 0 Å². The van der Waals surface area contributed by atoms with E-state index < -0.39 is 31.7 Å². The van der Waals surface area contributed by atoms with Gasteiger partial charge in [0.05, 0.1) is 12.3 Å². The van der Waals surface area contributed by atoms with E-state index in [9.17, 15) is 9.36 Å². The lowest BCUT2D eigenvalue weighted by Gasteiger charge is -2.14. The average molecular weight is 212 g/mol. The van der Waals surface area contributed by atoms with E-state index in [1.54, 1.807) is 0 Å². The van der Waals surface area contributed by atoms with Gasteiger partial charge in [0.25, 0.3) is 0 Å². The van der Waals surface area contributed by atoms with E-state index in [0.717, 1.165) is 6.92 Å². The van der Waals surface area contributed by atoms with Gasteiger partial charge in [0.1, 0.15) is 6.10 Å². The van der Waals surface area contributed by atoms with Gasteiger partial charge in [-0.15, -0.1) is 0 Å². The molecule has 0 aromatic rings. The highest BCUT2D eigenvalue weighted by Gasteiger charge is 2.23. The summed E-state index contributed by atoms with van der Waals surface area (Å²) in [4.78, 5) is 27.3. The summed E-state index contributed by atoms with van der Waals surface area (Å²) in [6, 6.07) is 0. The van der Waals surface area contributed by atoms with Crippen LogP contribution in [0.5, 0.6) is 0 Å². The quantitative estimate of drug-likeness (QED) is 0.428. The topological polar surface area (TPSA) is 115 Å². The van der Waals surface area contributed by atoms with Crippen molar-refractivity contribution in [1.29, 1.82) is 0 Å². The van der Waals surface area contributed by atoms with E-state index in [0.29, 0.717) is 0 Å². The minimum atomic E-state index is -4.17. The van der Waals surface area contributed by atoms with Crippen LogP contribution in [-0.2, 0) is 9.36 Å². The zero-order chi connectivity index (χ0) is 10.6. The first kappa shape index (κ1) is 12.7. The molecule has 0 saturated carbocycles. The lowest BCUT2D eigenvalue weighted by Crippen LogP contribution is -2.32. The summed E-state index contributed by atoms with van der Waals surface area (Å²) >= 11 is 0. The Hall–Kier alpha value is -0.260. The van der Waals surface area contributed by atoms with Crippen LogP contribution in [0.25, 0.3) is 0 Å². The van der Waals surface area contributed by atoms with Gasteiger partial charge in [0, 0.05) is 0 Å². The van der Waals surface area contributed by atoms with E-state index in [1.165, 1.54) is 0 Å². The van der Waals surface area contributed by atoms with Crippen LogP contribution < -0.4 is 0 Å². The van der Waals surface area contributed by atoms with E-state index in [-0.39, 0.29) is 6.42 Å². The van der Waals surface area contributed by atoms with Crippen molar-refractivity contribution in [2.75, 3.05) is 6.16 Å². The number of rotatable bonds is 5. The normalized spacial score (nSPS) is 16.7. The average Bonchev–Trinajstić information content (AvgIpc) is 1.97. The van der Waals surface area contributed by atoms with E-state index >= 15 is 0 Å². The molecule has 4 N–H and O–H groups in total. The molecule has 0 amide bonds. The summed E-state index contributed by atoms with van der Waals surface area (Å²) in [6.45, 7) is 1.09. The smallest absolute Gasteiger partial charge is 0.325 e. The third kappa shape index (κ3) is 5.90. The number of hydrogen-bond acceptors (Lipinski definition) is 4. The van der Waals surface area contributed by atoms with Crippen LogP contribution >= 0.6 is 7.60 Å². The van der Waals surface area contributed by atoms with Crippen LogP contribution in [0.2, 0.25) is 0 Å². The summed E-state index contributed by atoms with van der Waals surface area (Å²) in [7, 11) is -4.17. The van der Waals surface area contributed by atoms with Crippen LogP contribution in [0.3, 0.4) is 0 Å². The molecule has 0 bridgehead atoms. The zero-order valence-electron chi connectivity index (χ0n) is 7.12. The van der Waals surface area contributed by atoms with Crippen LogP contribution in [-0.4, -0.2) is 44.2 Å². The molecule has 0 fully saturated rings. The number of ketones is 1. The minimum absolute atomic E-state index is 0.301. The van der Waals surface area contributed by atoms with Gasteiger partial charge in [-0.05, 0) is 13.3 Å². The van der Waals surface area contributed by atoms with Crippen LogP contribution in [0.1, 0.15) is 13.3 Å². The van der Waals surface area contributed by atoms with Gasteiger partial charge >= 0.3 is 7.60 Å². The lowest BCUT2D eigenvalue weighted by atomic mass is 10.1. The van der Waals surface area contributed by atoms with Crippen molar-refractivity contribution in [3.63, 3.8) is 0 Å². The molecule has 0 aliphatic carbocycles. The van der Waals surface area contributed by atoms with Crippen molar-refractivity contribution in [1.82, 2.24) is 0 Å². The molecule has 0 rings (SSSR count). The van der Waals surface area contributed by atoms with Crippen molar-refractivity contribution < 1.29 is 29.4 Å². The van der Waals surface area contributed by atoms with Gasteiger partial charge < -0.3 is 20.0 Å². The van der Waals surface area contributed by atoms with Crippen molar-refractivity contribution in [2.24, 2.45) is 0 Å². The van der Waals surface area contributed by atoms with Gasteiger partial charge in [-0.25, -0.2) is 0 Å². The van der Waals surface area contributed by atoms with E-state index in [4.69, 9.17) is 20.0 Å². The maximum absolute atomic E-state index is 10.5. The Kier molecular flexibility index (Phi) is 4.74. The number of carbonyl (C=O) groups excluding carboxylic acids is 1. The molecule has 0 aromatic heterocycles. The van der Waals surface area contributed by atoms with Gasteiger partial charge in [0.15, 0.2) is 5.78 Å². The van der Waals surface area contributed by atoms with Gasteiger partial charge in [0.2, 0.25) is 0 Å². The standard InChI is InChI=1S/C6H13O6P/c1-4(7)6(9)5(8)2-3-13(10,11)12/h5-6,8-9H,2-3H2,1H3,(H2,10,11,12)/t5-,6-/m1/s1. The number of aliphatic hydroxyl groups excluding tert-OH is 2. The molecule has 7 heteroatoms. The molecule has 2 atom stereocenters. The molecular formula is C6H13O6P. The van der Waals surface area contributed by atoms with Gasteiger partial charge in [-0.1, -0.05) is 0 Å². The zero-order valence-corrected chi connectivity index (χ0v) is 8.02. The second-order valence-electron chi connectivity index (χ2n) is 2.80. The fraction of sp³-hybridized carbons (Fsp3) is 0.833. The summed E-state index contributed by atoms with van der Waals surface area (Å²) in [5, 5.41) is 18.0. The third-order valence-electron chi connectivity index (χ3n) is 1.50. The fourth-order valence-electron chi connectivity index (χ4n) is 0.729. The first-order chi connectivity index (χ1) is 5.74. The highest BCUT2D eigenvalue weighted by molar-refractivity contribution is 7.51. The maximum atomic E-state index is 10.5. The molecule has 78 valence electrons. The number of hydrogen-bond donors (Lipinski definition) is 4. The number of Topliss-reactive ketones (excluding diaryl/α,β-unsaturated/α-hetero) is 1. The molecule has 0 aliphatic heterocycles. The molecular weight excluding hydrogens is 199 g/mol. The third-order valence-corrected chi connectivity index (χ3v) is 2.34. The Bertz CT molecular complexity index is 221. The number of carbonyl (C=O) groups is 1. The molecule has 0 saturated heterocycles. The lowest BCUT2D eigenvalue weighted by molar-refractivity contribution is -0.130. The first-order valence-corrected chi connectivity index (χ1v) is 5.45. The van der Waals surface area contributed by atoms with Crippen molar-refractivity contribution >= 4 is 13.4 Å². The molecule has 0 spiro atoms.